The van der Waals surface area contributed by atoms with Crippen LogP contribution in [0.2, 0.25) is 0 Å². The number of nitrogens with one attached hydrogen (secondary N) is 1. The molecule has 1 N–H and O–H groups in total. The summed E-state index contributed by atoms with van der Waals surface area (Å²) in [5.74, 6) is 0.718. The molecule has 1 aliphatic heterocycles. The van der Waals surface area contributed by atoms with Gasteiger partial charge < -0.3 is 10.1 Å². The molecular weight excluding hydrogens is 248 g/mol. The number of rotatable bonds is 5. The molecule has 104 valence electrons. The maximum atomic E-state index is 5.72. The normalized spacial score (nSPS) is 18.1. The van der Waals surface area contributed by atoms with Gasteiger partial charge in [-0.15, -0.1) is 0 Å². The number of ether oxygens (including phenoxy) is 1. The predicted octanol–water partition coefficient (Wildman–Crippen LogP) is 2.80. The van der Waals surface area contributed by atoms with Crippen LogP contribution >= 0.6 is 0 Å². The Kier molecular flexibility index (Phi) is 4.28. The fourth-order valence-corrected chi connectivity index (χ4v) is 2.52. The van der Waals surface area contributed by atoms with Gasteiger partial charge in [-0.1, -0.05) is 36.4 Å². The lowest BCUT2D eigenvalue weighted by Gasteiger charge is -2.11. The molecule has 0 unspecified atom stereocenters. The Morgan fingerprint density at radius 2 is 2.00 bits per heavy atom. The zero-order valence-corrected chi connectivity index (χ0v) is 11.6. The van der Waals surface area contributed by atoms with Crippen molar-refractivity contribution < 1.29 is 4.74 Å². The summed E-state index contributed by atoms with van der Waals surface area (Å²) in [6, 6.07) is 15.0. The summed E-state index contributed by atoms with van der Waals surface area (Å²) in [6.45, 7) is 1.82. The molecule has 0 amide bonds. The molecule has 20 heavy (non-hydrogen) atoms. The lowest BCUT2D eigenvalue weighted by atomic mass is 10.1. The van der Waals surface area contributed by atoms with Crippen LogP contribution in [0.3, 0.4) is 0 Å². The summed E-state index contributed by atoms with van der Waals surface area (Å²) in [6.07, 6.45) is 5.27. The van der Waals surface area contributed by atoms with E-state index in [1.165, 1.54) is 24.0 Å². The smallest absolute Gasteiger partial charge is 0.213 e. The Labute approximate surface area is 120 Å². The number of aromatic nitrogens is 1. The van der Waals surface area contributed by atoms with Crippen LogP contribution in [0.15, 0.2) is 48.7 Å². The third-order valence-corrected chi connectivity index (χ3v) is 3.64. The second-order valence-electron chi connectivity index (χ2n) is 5.27. The molecule has 2 heterocycles. The fourth-order valence-electron chi connectivity index (χ4n) is 2.52. The Morgan fingerprint density at radius 1 is 1.10 bits per heavy atom. The molecule has 0 bridgehead atoms. The van der Waals surface area contributed by atoms with Crippen LogP contribution in [0.5, 0.6) is 5.88 Å². The molecule has 1 aliphatic rings. The zero-order valence-electron chi connectivity index (χ0n) is 11.6. The van der Waals surface area contributed by atoms with Gasteiger partial charge in [-0.3, -0.25) is 0 Å². The number of nitrogens with zero attached hydrogens (tertiary/aromatic N) is 1. The highest BCUT2D eigenvalue weighted by Gasteiger charge is 2.14. The second kappa shape index (κ2) is 6.53. The van der Waals surface area contributed by atoms with Gasteiger partial charge in [0, 0.05) is 18.3 Å². The van der Waals surface area contributed by atoms with E-state index in [2.05, 4.69) is 40.6 Å². The van der Waals surface area contributed by atoms with Crippen LogP contribution in [0.4, 0.5) is 0 Å². The van der Waals surface area contributed by atoms with E-state index in [-0.39, 0.29) is 0 Å². The van der Waals surface area contributed by atoms with Crippen LogP contribution in [0.25, 0.3) is 0 Å². The molecule has 1 saturated heterocycles. The Balaban J connectivity index is 1.54. The second-order valence-corrected chi connectivity index (χ2v) is 5.27. The number of pyridine rings is 1. The average Bonchev–Trinajstić information content (AvgIpc) is 3.01. The van der Waals surface area contributed by atoms with Gasteiger partial charge in [0.2, 0.25) is 5.88 Å². The van der Waals surface area contributed by atoms with Crippen molar-refractivity contribution in [2.24, 2.45) is 0 Å². The van der Waals surface area contributed by atoms with Crippen molar-refractivity contribution >= 4 is 0 Å². The maximum Gasteiger partial charge on any atom is 0.213 e. The third-order valence-electron chi connectivity index (χ3n) is 3.64. The van der Waals surface area contributed by atoms with Crippen molar-refractivity contribution in [1.29, 1.82) is 0 Å². The molecule has 0 spiro atoms. The summed E-state index contributed by atoms with van der Waals surface area (Å²) < 4.78 is 5.72. The molecule has 3 nitrogen and oxygen atoms in total. The first-order chi connectivity index (χ1) is 9.90. The Morgan fingerprint density at radius 3 is 2.70 bits per heavy atom. The molecular formula is C17H20N2O. The molecule has 0 saturated carbocycles. The molecule has 0 aliphatic carbocycles. The summed E-state index contributed by atoms with van der Waals surface area (Å²) in [4.78, 5) is 4.39. The van der Waals surface area contributed by atoms with Crippen LogP contribution in [0, 0.1) is 0 Å². The first kappa shape index (κ1) is 13.1. The van der Waals surface area contributed by atoms with Crippen LogP contribution in [-0.4, -0.2) is 24.2 Å². The van der Waals surface area contributed by atoms with Crippen molar-refractivity contribution in [3.05, 3.63) is 59.8 Å². The summed E-state index contributed by atoms with van der Waals surface area (Å²) in [5, 5.41) is 3.42. The van der Waals surface area contributed by atoms with Gasteiger partial charge in [-0.2, -0.15) is 0 Å². The number of hydrogen-bond donors (Lipinski definition) is 1. The van der Waals surface area contributed by atoms with Gasteiger partial charge in [0.05, 0.1) is 0 Å². The van der Waals surface area contributed by atoms with Crippen molar-refractivity contribution in [3.63, 3.8) is 0 Å². The topological polar surface area (TPSA) is 34.1 Å². The summed E-state index contributed by atoms with van der Waals surface area (Å²) in [5.41, 5.74) is 2.51. The van der Waals surface area contributed by atoms with Gasteiger partial charge in [0.25, 0.3) is 0 Å². The van der Waals surface area contributed by atoms with E-state index in [0.717, 1.165) is 18.8 Å². The molecule has 2 aromatic rings. The molecule has 1 fully saturated rings. The van der Waals surface area contributed by atoms with Crippen molar-refractivity contribution in [2.45, 2.75) is 25.3 Å². The zero-order chi connectivity index (χ0) is 13.6. The Bertz CT molecular complexity index is 518. The van der Waals surface area contributed by atoms with Gasteiger partial charge in [-0.25, -0.2) is 4.98 Å². The molecule has 0 radical (unpaired) electrons. The van der Waals surface area contributed by atoms with Crippen molar-refractivity contribution in [2.75, 3.05) is 13.2 Å². The average molecular weight is 268 g/mol. The first-order valence-electron chi connectivity index (χ1n) is 7.25. The lowest BCUT2D eigenvalue weighted by Crippen LogP contribution is -2.28. The van der Waals surface area contributed by atoms with E-state index in [1.807, 2.05) is 18.3 Å². The van der Waals surface area contributed by atoms with Gasteiger partial charge in [-0.05, 0) is 36.9 Å². The summed E-state index contributed by atoms with van der Waals surface area (Å²) in [7, 11) is 0. The Hall–Kier alpha value is -1.87. The van der Waals surface area contributed by atoms with Gasteiger partial charge >= 0.3 is 0 Å². The maximum absolute atomic E-state index is 5.72. The highest BCUT2D eigenvalue weighted by Crippen LogP contribution is 2.13. The van der Waals surface area contributed by atoms with Crippen LogP contribution in [0.1, 0.15) is 24.0 Å². The quantitative estimate of drug-likeness (QED) is 0.905. The minimum Gasteiger partial charge on any atom is -0.476 e. The molecule has 3 heteroatoms. The number of hydrogen-bond acceptors (Lipinski definition) is 3. The van der Waals surface area contributed by atoms with E-state index in [9.17, 15) is 0 Å². The van der Waals surface area contributed by atoms with Crippen LogP contribution in [-0.2, 0) is 6.42 Å². The molecule has 1 aromatic carbocycles. The van der Waals surface area contributed by atoms with Crippen LogP contribution < -0.4 is 10.1 Å². The SMILES string of the molecule is c1ccc(Cc2ccc(OC[C@@H]3CCCN3)nc2)cc1. The minimum absolute atomic E-state index is 0.487. The molecule has 3 rings (SSSR count). The standard InChI is InChI=1S/C17H20N2O/c1-2-5-14(6-3-1)11-15-8-9-17(19-12-15)20-13-16-7-4-10-18-16/h1-3,5-6,8-9,12,16,18H,4,7,10-11,13H2/t16-/m0/s1. The van der Waals surface area contributed by atoms with Gasteiger partial charge in [0.15, 0.2) is 0 Å². The molecule has 1 atom stereocenters. The summed E-state index contributed by atoms with van der Waals surface area (Å²) >= 11 is 0. The fraction of sp³-hybridized carbons (Fsp3) is 0.353. The van der Waals surface area contributed by atoms with Crippen molar-refractivity contribution in [1.82, 2.24) is 10.3 Å². The van der Waals surface area contributed by atoms with Crippen molar-refractivity contribution in [3.8, 4) is 5.88 Å². The monoisotopic (exact) mass is 268 g/mol. The van der Waals surface area contributed by atoms with E-state index in [0.29, 0.717) is 12.6 Å². The van der Waals surface area contributed by atoms with E-state index < -0.39 is 0 Å². The minimum atomic E-state index is 0.487. The lowest BCUT2D eigenvalue weighted by molar-refractivity contribution is 0.267. The predicted molar refractivity (Wildman–Crippen MR) is 80.0 cm³/mol. The first-order valence-corrected chi connectivity index (χ1v) is 7.25. The highest BCUT2D eigenvalue weighted by atomic mass is 16.5. The van der Waals surface area contributed by atoms with E-state index >= 15 is 0 Å². The third kappa shape index (κ3) is 3.58. The van der Waals surface area contributed by atoms with E-state index in [4.69, 9.17) is 4.74 Å². The largest absolute Gasteiger partial charge is 0.476 e. The van der Waals surface area contributed by atoms with E-state index in [1.54, 1.807) is 0 Å². The molecule has 1 aromatic heterocycles. The number of benzene rings is 1. The van der Waals surface area contributed by atoms with Gasteiger partial charge in [0.1, 0.15) is 6.61 Å². The highest BCUT2D eigenvalue weighted by molar-refractivity contribution is 5.26.